The van der Waals surface area contributed by atoms with Crippen molar-refractivity contribution in [3.05, 3.63) is 40.2 Å². The van der Waals surface area contributed by atoms with Gasteiger partial charge in [-0.1, -0.05) is 11.6 Å². The molecule has 1 aromatic carbocycles. The summed E-state index contributed by atoms with van der Waals surface area (Å²) >= 11 is 7.74. The second-order valence-corrected chi connectivity index (χ2v) is 4.69. The molecule has 0 saturated heterocycles. The molecule has 0 amide bonds. The molecule has 0 aliphatic carbocycles. The van der Waals surface area contributed by atoms with Gasteiger partial charge in [0.2, 0.25) is 0 Å². The van der Waals surface area contributed by atoms with E-state index in [4.69, 9.17) is 22.1 Å². The molecule has 0 fully saturated rings. The molecule has 0 aliphatic rings. The summed E-state index contributed by atoms with van der Waals surface area (Å²) in [5.74, 6) is 0.695. The number of rotatable bonds is 3. The number of methoxy groups -OCH3 is 1. The maximum Gasteiger partial charge on any atom is 0.137 e. The molecule has 0 atom stereocenters. The van der Waals surface area contributed by atoms with Crippen LogP contribution in [-0.2, 0) is 6.54 Å². The minimum Gasteiger partial charge on any atom is -0.495 e. The Bertz CT molecular complexity index is 496. The maximum atomic E-state index is 6.08. The zero-order valence-corrected chi connectivity index (χ0v) is 10.4. The maximum absolute atomic E-state index is 6.08. The Kier molecular flexibility index (Phi) is 3.49. The molecular formula is C12H12ClNOS. The van der Waals surface area contributed by atoms with Crippen LogP contribution in [-0.4, -0.2) is 7.11 Å². The van der Waals surface area contributed by atoms with E-state index in [9.17, 15) is 0 Å². The van der Waals surface area contributed by atoms with Gasteiger partial charge in [-0.05, 0) is 40.8 Å². The van der Waals surface area contributed by atoms with Crippen LogP contribution in [0.1, 0.15) is 5.56 Å². The van der Waals surface area contributed by atoms with Gasteiger partial charge in [0.05, 0.1) is 12.1 Å². The average Bonchev–Trinajstić information content (AvgIpc) is 2.77. The monoisotopic (exact) mass is 253 g/mol. The van der Waals surface area contributed by atoms with Gasteiger partial charge in [-0.3, -0.25) is 0 Å². The lowest BCUT2D eigenvalue weighted by atomic mass is 10.1. The van der Waals surface area contributed by atoms with Crippen LogP contribution in [0.2, 0.25) is 5.02 Å². The smallest absolute Gasteiger partial charge is 0.137 e. The van der Waals surface area contributed by atoms with E-state index in [1.54, 1.807) is 18.4 Å². The van der Waals surface area contributed by atoms with Crippen molar-refractivity contribution in [2.75, 3.05) is 7.11 Å². The summed E-state index contributed by atoms with van der Waals surface area (Å²) < 4.78 is 5.11. The van der Waals surface area contributed by atoms with Gasteiger partial charge in [0, 0.05) is 11.4 Å². The van der Waals surface area contributed by atoms with Crippen molar-refractivity contribution < 1.29 is 4.74 Å². The zero-order chi connectivity index (χ0) is 11.5. The molecule has 2 N–H and O–H groups in total. The second kappa shape index (κ2) is 4.87. The third kappa shape index (κ3) is 2.21. The van der Waals surface area contributed by atoms with E-state index < -0.39 is 0 Å². The average molecular weight is 254 g/mol. The first-order valence-electron chi connectivity index (χ1n) is 4.86. The Morgan fingerprint density at radius 3 is 2.75 bits per heavy atom. The van der Waals surface area contributed by atoms with E-state index in [1.807, 2.05) is 18.2 Å². The SMILES string of the molecule is COc1ccc(-c2cc(CN)cs2)cc1Cl. The minimum absolute atomic E-state index is 0.570. The van der Waals surface area contributed by atoms with Gasteiger partial charge >= 0.3 is 0 Å². The van der Waals surface area contributed by atoms with Gasteiger partial charge in [-0.15, -0.1) is 11.3 Å². The molecule has 0 unspecified atom stereocenters. The van der Waals surface area contributed by atoms with E-state index in [1.165, 1.54) is 4.88 Å². The van der Waals surface area contributed by atoms with Crippen molar-refractivity contribution in [3.8, 4) is 16.2 Å². The lowest BCUT2D eigenvalue weighted by Gasteiger charge is -2.04. The molecule has 0 radical (unpaired) electrons. The number of hydrogen-bond donors (Lipinski definition) is 1. The first-order valence-corrected chi connectivity index (χ1v) is 6.11. The highest BCUT2D eigenvalue weighted by atomic mass is 35.5. The molecule has 2 aromatic rings. The number of hydrogen-bond acceptors (Lipinski definition) is 3. The van der Waals surface area contributed by atoms with Gasteiger partial charge in [0.25, 0.3) is 0 Å². The second-order valence-electron chi connectivity index (χ2n) is 3.37. The summed E-state index contributed by atoms with van der Waals surface area (Å²) in [6.07, 6.45) is 0. The molecule has 16 heavy (non-hydrogen) atoms. The van der Waals surface area contributed by atoms with Crippen LogP contribution in [0, 0.1) is 0 Å². The summed E-state index contributed by atoms with van der Waals surface area (Å²) in [6.45, 7) is 0.570. The van der Waals surface area contributed by atoms with Crippen molar-refractivity contribution in [2.45, 2.75) is 6.54 Å². The van der Waals surface area contributed by atoms with Crippen LogP contribution in [0.25, 0.3) is 10.4 Å². The highest BCUT2D eigenvalue weighted by Crippen LogP contribution is 2.33. The first-order chi connectivity index (χ1) is 7.74. The molecule has 1 heterocycles. The lowest BCUT2D eigenvalue weighted by Crippen LogP contribution is -1.92. The standard InChI is InChI=1S/C12H12ClNOS/c1-15-11-3-2-9(5-10(11)13)12-4-8(6-14)7-16-12/h2-5,7H,6,14H2,1H3. The van der Waals surface area contributed by atoms with E-state index in [0.29, 0.717) is 17.3 Å². The van der Waals surface area contributed by atoms with Crippen LogP contribution in [0.3, 0.4) is 0 Å². The van der Waals surface area contributed by atoms with Gasteiger partial charge < -0.3 is 10.5 Å². The fourth-order valence-electron chi connectivity index (χ4n) is 1.45. The van der Waals surface area contributed by atoms with Gasteiger partial charge in [0.15, 0.2) is 0 Å². The van der Waals surface area contributed by atoms with Crippen LogP contribution >= 0.6 is 22.9 Å². The molecule has 84 valence electrons. The number of thiophene rings is 1. The molecule has 0 aliphatic heterocycles. The predicted molar refractivity (Wildman–Crippen MR) is 69.2 cm³/mol. The van der Waals surface area contributed by atoms with Crippen molar-refractivity contribution in [3.63, 3.8) is 0 Å². The predicted octanol–water partition coefficient (Wildman–Crippen LogP) is 3.54. The first kappa shape index (κ1) is 11.5. The molecule has 4 heteroatoms. The van der Waals surface area contributed by atoms with Crippen molar-refractivity contribution >= 4 is 22.9 Å². The van der Waals surface area contributed by atoms with Crippen molar-refractivity contribution in [2.24, 2.45) is 5.73 Å². The molecule has 2 nitrogen and oxygen atoms in total. The Balaban J connectivity index is 2.37. The van der Waals surface area contributed by atoms with Crippen LogP contribution in [0.4, 0.5) is 0 Å². The van der Waals surface area contributed by atoms with E-state index in [2.05, 4.69) is 11.4 Å². The molecule has 1 aromatic heterocycles. The third-order valence-electron chi connectivity index (χ3n) is 2.33. The molecular weight excluding hydrogens is 242 g/mol. The Hall–Kier alpha value is -1.03. The van der Waals surface area contributed by atoms with Gasteiger partial charge in [-0.25, -0.2) is 0 Å². The largest absolute Gasteiger partial charge is 0.495 e. The van der Waals surface area contributed by atoms with Crippen molar-refractivity contribution in [1.29, 1.82) is 0 Å². The highest BCUT2D eigenvalue weighted by Gasteiger charge is 2.05. The van der Waals surface area contributed by atoms with E-state index in [-0.39, 0.29) is 0 Å². The topological polar surface area (TPSA) is 35.2 Å². The Labute approximate surface area is 104 Å². The summed E-state index contributed by atoms with van der Waals surface area (Å²) in [5.41, 5.74) is 7.82. The number of benzene rings is 1. The minimum atomic E-state index is 0.570. The van der Waals surface area contributed by atoms with E-state index >= 15 is 0 Å². The lowest BCUT2D eigenvalue weighted by molar-refractivity contribution is 0.415. The third-order valence-corrected chi connectivity index (χ3v) is 3.65. The van der Waals surface area contributed by atoms with Crippen LogP contribution in [0.5, 0.6) is 5.75 Å². The number of nitrogens with two attached hydrogens (primary N) is 1. The van der Waals surface area contributed by atoms with E-state index in [0.717, 1.165) is 11.1 Å². The molecule has 0 saturated carbocycles. The van der Waals surface area contributed by atoms with Crippen molar-refractivity contribution in [1.82, 2.24) is 0 Å². The van der Waals surface area contributed by atoms with Gasteiger partial charge in [0.1, 0.15) is 5.75 Å². The fraction of sp³-hybridized carbons (Fsp3) is 0.167. The number of halogens is 1. The molecule has 0 bridgehead atoms. The summed E-state index contributed by atoms with van der Waals surface area (Å²) in [4.78, 5) is 1.17. The van der Waals surface area contributed by atoms with Crippen LogP contribution < -0.4 is 10.5 Å². The quantitative estimate of drug-likeness (QED) is 0.908. The van der Waals surface area contributed by atoms with Gasteiger partial charge in [-0.2, -0.15) is 0 Å². The fourth-order valence-corrected chi connectivity index (χ4v) is 2.64. The summed E-state index contributed by atoms with van der Waals surface area (Å²) in [7, 11) is 1.61. The van der Waals surface area contributed by atoms with Crippen LogP contribution in [0.15, 0.2) is 29.6 Å². The summed E-state index contributed by atoms with van der Waals surface area (Å²) in [6, 6.07) is 7.87. The molecule has 0 spiro atoms. The normalized spacial score (nSPS) is 10.4. The molecule has 2 rings (SSSR count). The number of ether oxygens (including phenoxy) is 1. The summed E-state index contributed by atoms with van der Waals surface area (Å²) in [5, 5.41) is 2.69. The Morgan fingerprint density at radius 2 is 2.19 bits per heavy atom. The zero-order valence-electron chi connectivity index (χ0n) is 8.87. The highest BCUT2D eigenvalue weighted by molar-refractivity contribution is 7.13. The Morgan fingerprint density at radius 1 is 1.38 bits per heavy atom.